The number of nitrogens with zero attached hydrogens (tertiary/aromatic N) is 5. The average molecular weight is 541 g/mol. The Morgan fingerprint density at radius 1 is 1.08 bits per heavy atom. The van der Waals surface area contributed by atoms with Gasteiger partial charge >= 0.3 is 5.69 Å². The highest BCUT2D eigenvalue weighted by Crippen LogP contribution is 2.38. The fourth-order valence-corrected chi connectivity index (χ4v) is 4.55. The smallest absolute Gasteiger partial charge is 0.350 e. The van der Waals surface area contributed by atoms with E-state index in [0.717, 1.165) is 11.1 Å². The maximum Gasteiger partial charge on any atom is 0.353 e. The average Bonchev–Trinajstić information content (AvgIpc) is 2.82. The van der Waals surface area contributed by atoms with Gasteiger partial charge in [0.05, 0.1) is 16.9 Å². The lowest BCUT2D eigenvalue weighted by Crippen LogP contribution is -2.32. The van der Waals surface area contributed by atoms with E-state index in [1.54, 1.807) is 30.3 Å². The number of rotatable bonds is 10. The first-order chi connectivity index (χ1) is 17.5. The zero-order valence-corrected chi connectivity index (χ0v) is 23.0. The van der Waals surface area contributed by atoms with Gasteiger partial charge in [-0.2, -0.15) is 5.26 Å². The fraction of sp³-hybridized carbons (Fsp3) is 0.370. The summed E-state index contributed by atoms with van der Waals surface area (Å²) in [6.45, 7) is 11.3. The zero-order valence-electron chi connectivity index (χ0n) is 21.5. The number of nitrogens with one attached hydrogen (secondary N) is 1. The Bertz CT molecular complexity index is 1300. The first kappa shape index (κ1) is 28.2. The Hall–Kier alpha value is -3.41. The van der Waals surface area contributed by atoms with Crippen LogP contribution in [0.15, 0.2) is 42.7 Å². The van der Waals surface area contributed by atoms with Gasteiger partial charge in [0.15, 0.2) is 0 Å². The van der Waals surface area contributed by atoms with E-state index in [2.05, 4.69) is 49.0 Å². The van der Waals surface area contributed by atoms with Crippen molar-refractivity contribution in [1.82, 2.24) is 9.97 Å². The monoisotopic (exact) mass is 540 g/mol. The van der Waals surface area contributed by atoms with Crippen LogP contribution in [0.2, 0.25) is 10.0 Å². The lowest BCUT2D eigenvalue weighted by molar-refractivity contribution is -0.383. The van der Waals surface area contributed by atoms with Gasteiger partial charge in [-0.05, 0) is 53.6 Å². The molecule has 1 atom stereocenters. The number of benzene rings is 2. The number of nitriles is 1. The van der Waals surface area contributed by atoms with Crippen molar-refractivity contribution in [3.8, 4) is 6.07 Å². The maximum atomic E-state index is 12.2. The second-order valence-electron chi connectivity index (χ2n) is 9.77. The normalized spacial score (nSPS) is 11.9. The maximum absolute atomic E-state index is 12.2. The van der Waals surface area contributed by atoms with Gasteiger partial charge < -0.3 is 10.2 Å². The Balaban J connectivity index is 2.02. The van der Waals surface area contributed by atoms with E-state index in [1.165, 1.54) is 6.33 Å². The summed E-state index contributed by atoms with van der Waals surface area (Å²) >= 11 is 12.6. The molecule has 194 valence electrons. The van der Waals surface area contributed by atoms with E-state index < -0.39 is 10.8 Å². The van der Waals surface area contributed by atoms with Crippen molar-refractivity contribution in [2.24, 2.45) is 11.8 Å². The number of hydrogen-bond acceptors (Lipinski definition) is 7. The van der Waals surface area contributed by atoms with Gasteiger partial charge in [0, 0.05) is 28.8 Å². The molecule has 0 bridgehead atoms. The molecule has 3 aromatic rings. The first-order valence-electron chi connectivity index (χ1n) is 12.0. The molecule has 3 rings (SSSR count). The molecule has 1 aromatic heterocycles. The number of hydrogen-bond donors (Lipinski definition) is 1. The molecule has 0 amide bonds. The molecule has 0 aliphatic carbocycles. The molecule has 37 heavy (non-hydrogen) atoms. The predicted octanol–water partition coefficient (Wildman–Crippen LogP) is 7.52. The molecular weight excluding hydrogens is 511 g/mol. The molecule has 0 spiro atoms. The van der Waals surface area contributed by atoms with E-state index in [1.807, 2.05) is 17.9 Å². The SMILES string of the molecule is Cc1cc(C(C#N)c2ccc(Cl)cc2)c(Cl)cc1Nc1ncnc(N(CC(C)C)CC(C)C)c1[N+](=O)[O-]. The van der Waals surface area contributed by atoms with Crippen LogP contribution in [0.5, 0.6) is 0 Å². The van der Waals surface area contributed by atoms with Gasteiger partial charge in [0.1, 0.15) is 6.33 Å². The molecule has 1 N–H and O–H groups in total. The standard InChI is InChI=1S/C27H30Cl2N6O2/c1-16(2)13-34(14-17(3)4)27-25(35(36)37)26(31-15-32-27)33-24-11-23(29)21(10-18(24)5)22(12-30)19-6-8-20(28)9-7-19/h6-11,15-17,22H,13-14H2,1-5H3,(H,31,32,33). The van der Waals surface area contributed by atoms with E-state index in [0.29, 0.717) is 34.4 Å². The van der Waals surface area contributed by atoms with Crippen LogP contribution >= 0.6 is 23.2 Å². The van der Waals surface area contributed by atoms with Crippen LogP contribution in [0.1, 0.15) is 50.3 Å². The molecule has 2 aromatic carbocycles. The van der Waals surface area contributed by atoms with Gasteiger partial charge in [0.25, 0.3) is 0 Å². The Labute approximate surface area is 227 Å². The van der Waals surface area contributed by atoms with Gasteiger partial charge in [0.2, 0.25) is 11.6 Å². The van der Waals surface area contributed by atoms with E-state index in [4.69, 9.17) is 23.2 Å². The second kappa shape index (κ2) is 12.2. The lowest BCUT2D eigenvalue weighted by Gasteiger charge is -2.27. The molecule has 8 nitrogen and oxygen atoms in total. The fourth-order valence-electron chi connectivity index (χ4n) is 4.16. The Kier molecular flexibility index (Phi) is 9.30. The number of aromatic nitrogens is 2. The molecular formula is C27H30Cl2N6O2. The minimum Gasteiger partial charge on any atom is -0.350 e. The van der Waals surface area contributed by atoms with Gasteiger partial charge in [-0.25, -0.2) is 9.97 Å². The summed E-state index contributed by atoms with van der Waals surface area (Å²) in [5, 5.41) is 26.1. The predicted molar refractivity (Wildman–Crippen MR) is 149 cm³/mol. The van der Waals surface area contributed by atoms with Crippen molar-refractivity contribution >= 4 is 46.2 Å². The molecule has 0 fully saturated rings. The lowest BCUT2D eigenvalue weighted by atomic mass is 9.91. The van der Waals surface area contributed by atoms with Crippen LogP contribution in [0, 0.1) is 40.2 Å². The zero-order chi connectivity index (χ0) is 27.3. The molecule has 10 heteroatoms. The molecule has 0 aliphatic rings. The summed E-state index contributed by atoms with van der Waals surface area (Å²) in [6, 6.07) is 12.8. The van der Waals surface area contributed by atoms with Crippen molar-refractivity contribution in [1.29, 1.82) is 5.26 Å². The van der Waals surface area contributed by atoms with E-state index in [-0.39, 0.29) is 29.2 Å². The van der Waals surface area contributed by atoms with Crippen molar-refractivity contribution in [3.63, 3.8) is 0 Å². The summed E-state index contributed by atoms with van der Waals surface area (Å²) < 4.78 is 0. The quantitative estimate of drug-likeness (QED) is 0.209. The largest absolute Gasteiger partial charge is 0.353 e. The number of nitro groups is 1. The molecule has 0 aliphatic heterocycles. The number of anilines is 3. The van der Waals surface area contributed by atoms with Crippen molar-refractivity contribution < 1.29 is 4.92 Å². The van der Waals surface area contributed by atoms with Crippen molar-refractivity contribution in [2.75, 3.05) is 23.3 Å². The molecule has 1 heterocycles. The van der Waals surface area contributed by atoms with Crippen molar-refractivity contribution in [2.45, 2.75) is 40.5 Å². The minimum absolute atomic E-state index is 0.0777. The molecule has 0 radical (unpaired) electrons. The summed E-state index contributed by atoms with van der Waals surface area (Å²) in [6.07, 6.45) is 1.33. The van der Waals surface area contributed by atoms with Crippen LogP contribution in [-0.2, 0) is 0 Å². The number of aryl methyl sites for hydroxylation is 1. The first-order valence-corrected chi connectivity index (χ1v) is 12.7. The molecule has 0 saturated carbocycles. The minimum atomic E-state index is -0.599. The third kappa shape index (κ3) is 6.88. The third-order valence-electron chi connectivity index (χ3n) is 5.70. The highest BCUT2D eigenvalue weighted by molar-refractivity contribution is 6.32. The third-order valence-corrected chi connectivity index (χ3v) is 6.28. The topological polar surface area (TPSA) is 108 Å². The van der Waals surface area contributed by atoms with Crippen LogP contribution in [-0.4, -0.2) is 28.0 Å². The van der Waals surface area contributed by atoms with Crippen LogP contribution < -0.4 is 10.2 Å². The summed E-state index contributed by atoms with van der Waals surface area (Å²) in [4.78, 5) is 22.2. The summed E-state index contributed by atoms with van der Waals surface area (Å²) in [7, 11) is 0. The molecule has 1 unspecified atom stereocenters. The highest BCUT2D eigenvalue weighted by atomic mass is 35.5. The molecule has 0 saturated heterocycles. The highest BCUT2D eigenvalue weighted by Gasteiger charge is 2.28. The second-order valence-corrected chi connectivity index (χ2v) is 10.6. The Morgan fingerprint density at radius 2 is 1.70 bits per heavy atom. The van der Waals surface area contributed by atoms with E-state index >= 15 is 0 Å². The van der Waals surface area contributed by atoms with Crippen LogP contribution in [0.4, 0.5) is 23.0 Å². The Morgan fingerprint density at radius 3 is 2.24 bits per heavy atom. The van der Waals surface area contributed by atoms with Gasteiger partial charge in [-0.3, -0.25) is 10.1 Å². The van der Waals surface area contributed by atoms with Crippen LogP contribution in [0.3, 0.4) is 0 Å². The summed E-state index contributed by atoms with van der Waals surface area (Å²) in [5.74, 6) is 0.323. The van der Waals surface area contributed by atoms with Crippen molar-refractivity contribution in [3.05, 3.63) is 79.6 Å². The van der Waals surface area contributed by atoms with Crippen LogP contribution in [0.25, 0.3) is 0 Å². The van der Waals surface area contributed by atoms with Gasteiger partial charge in [-0.15, -0.1) is 0 Å². The summed E-state index contributed by atoms with van der Waals surface area (Å²) in [5.41, 5.74) is 2.50. The number of halogens is 2. The van der Waals surface area contributed by atoms with Gasteiger partial charge in [-0.1, -0.05) is 69.1 Å². The van der Waals surface area contributed by atoms with E-state index in [9.17, 15) is 15.4 Å².